The number of aromatic nitrogens is 2. The highest BCUT2D eigenvalue weighted by Crippen LogP contribution is 2.25. The maximum absolute atomic E-state index is 4.49. The van der Waals surface area contributed by atoms with Gasteiger partial charge < -0.3 is 5.32 Å². The van der Waals surface area contributed by atoms with E-state index in [0.717, 1.165) is 36.3 Å². The summed E-state index contributed by atoms with van der Waals surface area (Å²) in [5.41, 5.74) is 2.64. The Balaban J connectivity index is 2.11. The average Bonchev–Trinajstić information content (AvgIpc) is 2.58. The molecule has 0 amide bonds. The fourth-order valence-corrected chi connectivity index (χ4v) is 3.24. The molecule has 1 N–H and O–H groups in total. The van der Waals surface area contributed by atoms with Gasteiger partial charge in [-0.25, -0.2) is 0 Å². The van der Waals surface area contributed by atoms with E-state index in [-0.39, 0.29) is 0 Å². The van der Waals surface area contributed by atoms with Crippen LogP contribution >= 0.6 is 15.9 Å². The van der Waals surface area contributed by atoms with Gasteiger partial charge in [0.2, 0.25) is 0 Å². The van der Waals surface area contributed by atoms with E-state index >= 15 is 0 Å². The fourth-order valence-electron chi connectivity index (χ4n) is 2.78. The van der Waals surface area contributed by atoms with Crippen molar-refractivity contribution in [3.8, 4) is 0 Å². The van der Waals surface area contributed by atoms with Crippen molar-refractivity contribution in [2.45, 2.75) is 46.7 Å². The molecule has 0 radical (unpaired) electrons. The van der Waals surface area contributed by atoms with E-state index in [4.69, 9.17) is 0 Å². The number of aryl methyl sites for hydroxylation is 2. The molecule has 0 aliphatic carbocycles. The topological polar surface area (TPSA) is 33.1 Å². The Morgan fingerprint density at radius 1 is 1.40 bits per heavy atom. The second kappa shape index (κ2) is 6.16. The zero-order valence-electron chi connectivity index (χ0n) is 13.3. The monoisotopic (exact) mass is 342 g/mol. The molecule has 1 aliphatic rings. The molecular formula is C15H27BrN4. The van der Waals surface area contributed by atoms with Crippen molar-refractivity contribution in [2.75, 3.05) is 19.6 Å². The van der Waals surface area contributed by atoms with Crippen LogP contribution in [0, 0.1) is 12.3 Å². The van der Waals surface area contributed by atoms with Gasteiger partial charge in [0.1, 0.15) is 0 Å². The zero-order valence-corrected chi connectivity index (χ0v) is 14.9. The normalized spacial score (nSPS) is 22.0. The zero-order chi connectivity index (χ0) is 14.9. The van der Waals surface area contributed by atoms with Gasteiger partial charge in [0.05, 0.1) is 15.9 Å². The molecule has 114 valence electrons. The lowest BCUT2D eigenvalue weighted by Crippen LogP contribution is -2.46. The molecule has 2 heterocycles. The molecular weight excluding hydrogens is 316 g/mol. The van der Waals surface area contributed by atoms with Gasteiger partial charge in [0.15, 0.2) is 0 Å². The number of hydrogen-bond donors (Lipinski definition) is 1. The highest BCUT2D eigenvalue weighted by Gasteiger charge is 2.28. The van der Waals surface area contributed by atoms with Gasteiger partial charge in [-0.05, 0) is 47.8 Å². The van der Waals surface area contributed by atoms with Crippen LogP contribution in [-0.4, -0.2) is 40.4 Å². The van der Waals surface area contributed by atoms with Gasteiger partial charge in [0.25, 0.3) is 0 Å². The summed E-state index contributed by atoms with van der Waals surface area (Å²) in [6.07, 6.45) is 1.21. The molecule has 0 spiro atoms. The maximum Gasteiger partial charge on any atom is 0.0739 e. The van der Waals surface area contributed by atoms with Crippen LogP contribution in [0.15, 0.2) is 4.47 Å². The first-order chi connectivity index (χ1) is 9.29. The van der Waals surface area contributed by atoms with Gasteiger partial charge in [-0.2, -0.15) is 5.10 Å². The van der Waals surface area contributed by atoms with Crippen LogP contribution in [0.5, 0.6) is 0 Å². The van der Waals surface area contributed by atoms with Crippen molar-refractivity contribution in [1.29, 1.82) is 0 Å². The highest BCUT2D eigenvalue weighted by atomic mass is 79.9. The molecule has 1 unspecified atom stereocenters. The Morgan fingerprint density at radius 2 is 2.10 bits per heavy atom. The van der Waals surface area contributed by atoms with E-state index in [0.29, 0.717) is 11.5 Å². The number of nitrogens with one attached hydrogen (secondary N) is 1. The summed E-state index contributed by atoms with van der Waals surface area (Å²) in [5, 5.41) is 8.19. The molecule has 1 aromatic heterocycles. The molecule has 4 nitrogen and oxygen atoms in total. The predicted molar refractivity (Wildman–Crippen MR) is 86.8 cm³/mol. The average molecular weight is 343 g/mol. The van der Waals surface area contributed by atoms with Crippen molar-refractivity contribution in [3.05, 3.63) is 15.9 Å². The Labute approximate surface area is 131 Å². The SMILES string of the molecule is Cc1nn(C)c(CN2CCCNC(C(C)(C)C)C2)c1Br. The molecule has 1 fully saturated rings. The third-order valence-corrected chi connectivity index (χ3v) is 5.19. The summed E-state index contributed by atoms with van der Waals surface area (Å²) in [6.45, 7) is 13.3. The van der Waals surface area contributed by atoms with E-state index < -0.39 is 0 Å². The van der Waals surface area contributed by atoms with Crippen LogP contribution in [-0.2, 0) is 13.6 Å². The molecule has 1 atom stereocenters. The number of rotatable bonds is 2. The first-order valence-corrected chi connectivity index (χ1v) is 8.22. The van der Waals surface area contributed by atoms with Crippen molar-refractivity contribution in [3.63, 3.8) is 0 Å². The third kappa shape index (κ3) is 3.62. The quantitative estimate of drug-likeness (QED) is 0.896. The highest BCUT2D eigenvalue weighted by molar-refractivity contribution is 9.10. The van der Waals surface area contributed by atoms with Crippen LogP contribution in [0.1, 0.15) is 38.6 Å². The van der Waals surface area contributed by atoms with E-state index in [2.05, 4.69) is 58.9 Å². The number of halogens is 1. The summed E-state index contributed by atoms with van der Waals surface area (Å²) < 4.78 is 3.16. The Kier molecular flexibility index (Phi) is 4.92. The Bertz CT molecular complexity index is 461. The number of hydrogen-bond acceptors (Lipinski definition) is 3. The predicted octanol–water partition coefficient (Wildman–Crippen LogP) is 2.70. The Hall–Kier alpha value is -0.390. The van der Waals surface area contributed by atoms with Crippen molar-refractivity contribution < 1.29 is 0 Å². The largest absolute Gasteiger partial charge is 0.312 e. The molecule has 1 aromatic rings. The van der Waals surface area contributed by atoms with E-state index in [9.17, 15) is 0 Å². The maximum atomic E-state index is 4.49. The van der Waals surface area contributed by atoms with E-state index in [1.165, 1.54) is 12.1 Å². The van der Waals surface area contributed by atoms with Crippen LogP contribution in [0.3, 0.4) is 0 Å². The first-order valence-electron chi connectivity index (χ1n) is 7.42. The smallest absolute Gasteiger partial charge is 0.0739 e. The summed E-state index contributed by atoms with van der Waals surface area (Å²) in [6, 6.07) is 0.540. The third-order valence-electron chi connectivity index (χ3n) is 4.16. The minimum Gasteiger partial charge on any atom is -0.312 e. The van der Waals surface area contributed by atoms with Gasteiger partial charge in [0, 0.05) is 26.2 Å². The van der Waals surface area contributed by atoms with Crippen molar-refractivity contribution in [2.24, 2.45) is 12.5 Å². The van der Waals surface area contributed by atoms with Crippen LogP contribution in [0.25, 0.3) is 0 Å². The van der Waals surface area contributed by atoms with Crippen LogP contribution in [0.4, 0.5) is 0 Å². The molecule has 1 aliphatic heterocycles. The minimum absolute atomic E-state index is 0.294. The summed E-state index contributed by atoms with van der Waals surface area (Å²) in [5.74, 6) is 0. The molecule has 0 saturated carbocycles. The van der Waals surface area contributed by atoms with Crippen LogP contribution < -0.4 is 5.32 Å². The molecule has 5 heteroatoms. The fraction of sp³-hybridized carbons (Fsp3) is 0.800. The van der Waals surface area contributed by atoms with E-state index in [1.54, 1.807) is 0 Å². The summed E-state index contributed by atoms with van der Waals surface area (Å²) in [4.78, 5) is 2.55. The number of nitrogens with zero attached hydrogens (tertiary/aromatic N) is 3. The van der Waals surface area contributed by atoms with Gasteiger partial charge in [-0.3, -0.25) is 9.58 Å². The second-order valence-corrected chi connectivity index (χ2v) is 7.72. The molecule has 2 rings (SSSR count). The van der Waals surface area contributed by atoms with Crippen LogP contribution in [0.2, 0.25) is 0 Å². The molecule has 0 bridgehead atoms. The van der Waals surface area contributed by atoms with Gasteiger partial charge in [-0.1, -0.05) is 20.8 Å². The lowest BCUT2D eigenvalue weighted by atomic mass is 9.86. The standard InChI is InChI=1S/C15H27BrN4/c1-11-14(16)12(19(5)18-11)9-20-8-6-7-17-13(10-20)15(2,3)4/h13,17H,6-10H2,1-5H3. The van der Waals surface area contributed by atoms with E-state index in [1.807, 2.05) is 11.7 Å². The summed E-state index contributed by atoms with van der Waals surface area (Å²) in [7, 11) is 2.03. The van der Waals surface area contributed by atoms with Crippen molar-refractivity contribution in [1.82, 2.24) is 20.0 Å². The lowest BCUT2D eigenvalue weighted by molar-refractivity contribution is 0.189. The molecule has 1 saturated heterocycles. The summed E-state index contributed by atoms with van der Waals surface area (Å²) >= 11 is 3.68. The van der Waals surface area contributed by atoms with Gasteiger partial charge in [-0.15, -0.1) is 0 Å². The second-order valence-electron chi connectivity index (χ2n) is 6.93. The van der Waals surface area contributed by atoms with Gasteiger partial charge >= 0.3 is 0 Å². The Morgan fingerprint density at radius 3 is 2.65 bits per heavy atom. The molecule has 0 aromatic carbocycles. The molecule has 20 heavy (non-hydrogen) atoms. The minimum atomic E-state index is 0.294. The van der Waals surface area contributed by atoms with Crippen molar-refractivity contribution >= 4 is 15.9 Å². The first kappa shape index (κ1) is 16.0. The lowest BCUT2D eigenvalue weighted by Gasteiger charge is -2.33.